The molecular weight excluding hydrogens is 334 g/mol. The predicted molar refractivity (Wildman–Crippen MR) is 106 cm³/mol. The summed E-state index contributed by atoms with van der Waals surface area (Å²) in [6.45, 7) is 0. The van der Waals surface area contributed by atoms with Crippen LogP contribution in [-0.4, -0.2) is 9.78 Å². The Kier molecular flexibility index (Phi) is 3.54. The van der Waals surface area contributed by atoms with Crippen molar-refractivity contribution in [3.63, 3.8) is 0 Å². The molecule has 0 fully saturated rings. The van der Waals surface area contributed by atoms with Crippen molar-refractivity contribution in [2.75, 3.05) is 0 Å². The summed E-state index contributed by atoms with van der Waals surface area (Å²) in [5, 5.41) is 6.75. The number of rotatable bonds is 2. The molecule has 5 aromatic rings. The van der Waals surface area contributed by atoms with Gasteiger partial charge in [0.25, 0.3) is 0 Å². The fraction of sp³-hybridized carbons (Fsp3) is 0. The zero-order chi connectivity index (χ0) is 18.2. The van der Waals surface area contributed by atoms with E-state index in [1.165, 1.54) is 4.68 Å². The SMILES string of the molecule is O=c1n(-c2ccccc2)nc2ccc3ccccc3c2[n+]1-c1ccccc1. The quantitative estimate of drug-likeness (QED) is 0.359. The molecule has 27 heavy (non-hydrogen) atoms. The molecule has 128 valence electrons. The third kappa shape index (κ3) is 2.50. The highest BCUT2D eigenvalue weighted by Crippen LogP contribution is 2.21. The molecule has 0 atom stereocenters. The molecule has 4 aromatic carbocycles. The molecule has 4 heteroatoms. The van der Waals surface area contributed by atoms with E-state index in [0.717, 1.165) is 33.2 Å². The van der Waals surface area contributed by atoms with Crippen LogP contribution in [0.5, 0.6) is 0 Å². The minimum absolute atomic E-state index is 0.198. The van der Waals surface area contributed by atoms with Crippen LogP contribution in [0.4, 0.5) is 0 Å². The second-order valence-corrected chi connectivity index (χ2v) is 6.36. The van der Waals surface area contributed by atoms with Gasteiger partial charge in [-0.05, 0) is 35.7 Å². The number of hydrogen-bond donors (Lipinski definition) is 0. The van der Waals surface area contributed by atoms with E-state index in [1.54, 1.807) is 4.57 Å². The summed E-state index contributed by atoms with van der Waals surface area (Å²) in [5.41, 5.74) is 2.94. The molecule has 1 heterocycles. The number of benzene rings is 4. The third-order valence-electron chi connectivity index (χ3n) is 4.70. The topological polar surface area (TPSA) is 38.8 Å². The van der Waals surface area contributed by atoms with E-state index in [-0.39, 0.29) is 5.69 Å². The lowest BCUT2D eigenvalue weighted by Crippen LogP contribution is -2.53. The lowest BCUT2D eigenvalue weighted by Gasteiger charge is -2.08. The van der Waals surface area contributed by atoms with Crippen LogP contribution in [0.15, 0.2) is 102 Å². The summed E-state index contributed by atoms with van der Waals surface area (Å²) in [5.74, 6) is 0. The molecule has 0 saturated heterocycles. The van der Waals surface area contributed by atoms with Gasteiger partial charge in [-0.15, -0.1) is 0 Å². The van der Waals surface area contributed by atoms with Gasteiger partial charge in [-0.1, -0.05) is 76.5 Å². The van der Waals surface area contributed by atoms with Crippen LogP contribution in [-0.2, 0) is 0 Å². The Morgan fingerprint density at radius 1 is 0.704 bits per heavy atom. The van der Waals surface area contributed by atoms with E-state index in [4.69, 9.17) is 0 Å². The first-order chi connectivity index (χ1) is 13.3. The highest BCUT2D eigenvalue weighted by atomic mass is 16.2. The number of nitrogens with zero attached hydrogens (tertiary/aromatic N) is 3. The van der Waals surface area contributed by atoms with Gasteiger partial charge in [0.05, 0.1) is 0 Å². The lowest BCUT2D eigenvalue weighted by atomic mass is 10.1. The standard InChI is InChI=1S/C23H16N3O/c27-23-25(18-10-3-1-4-11-18)22-20-14-8-7-9-17(20)15-16-21(22)24-26(23)19-12-5-2-6-13-19/h1-16H/q+1. The average molecular weight is 350 g/mol. The van der Waals surface area contributed by atoms with Crippen LogP contribution >= 0.6 is 0 Å². The zero-order valence-electron chi connectivity index (χ0n) is 14.5. The summed E-state index contributed by atoms with van der Waals surface area (Å²) in [7, 11) is 0. The van der Waals surface area contributed by atoms with E-state index < -0.39 is 0 Å². The van der Waals surface area contributed by atoms with Gasteiger partial charge in [-0.3, -0.25) is 0 Å². The molecule has 0 radical (unpaired) electrons. The van der Waals surface area contributed by atoms with E-state index in [0.29, 0.717) is 0 Å². The molecule has 0 bridgehead atoms. The van der Waals surface area contributed by atoms with Gasteiger partial charge in [-0.2, -0.15) is 9.36 Å². The van der Waals surface area contributed by atoms with Gasteiger partial charge in [0, 0.05) is 5.39 Å². The maximum atomic E-state index is 13.5. The maximum Gasteiger partial charge on any atom is 0.529 e. The minimum Gasteiger partial charge on any atom is -0.194 e. The highest BCUT2D eigenvalue weighted by Gasteiger charge is 2.23. The molecule has 0 spiro atoms. The smallest absolute Gasteiger partial charge is 0.194 e. The third-order valence-corrected chi connectivity index (χ3v) is 4.70. The van der Waals surface area contributed by atoms with Crippen molar-refractivity contribution < 1.29 is 4.57 Å². The van der Waals surface area contributed by atoms with Gasteiger partial charge in [0.2, 0.25) is 0 Å². The Hall–Kier alpha value is -3.79. The Bertz CT molecular complexity index is 1330. The Balaban J connectivity index is 1.99. The van der Waals surface area contributed by atoms with Gasteiger partial charge < -0.3 is 0 Å². The molecular formula is C23H16N3O+. The molecule has 0 amide bonds. The van der Waals surface area contributed by atoms with E-state index >= 15 is 0 Å². The van der Waals surface area contributed by atoms with Gasteiger partial charge in [0.15, 0.2) is 16.7 Å². The van der Waals surface area contributed by atoms with Crippen LogP contribution in [0, 0.1) is 0 Å². The van der Waals surface area contributed by atoms with Crippen LogP contribution in [0.3, 0.4) is 0 Å². The van der Waals surface area contributed by atoms with E-state index in [1.807, 2.05) is 97.1 Å². The van der Waals surface area contributed by atoms with Gasteiger partial charge in [0.1, 0.15) is 5.69 Å². The first-order valence-electron chi connectivity index (χ1n) is 8.81. The van der Waals surface area contributed by atoms with Crippen molar-refractivity contribution in [1.29, 1.82) is 0 Å². The first-order valence-corrected chi connectivity index (χ1v) is 8.81. The second-order valence-electron chi connectivity index (χ2n) is 6.36. The highest BCUT2D eigenvalue weighted by molar-refractivity contribution is 6.02. The largest absolute Gasteiger partial charge is 0.529 e. The Labute approximate surface area is 155 Å². The van der Waals surface area contributed by atoms with Crippen molar-refractivity contribution in [3.05, 3.63) is 108 Å². The van der Waals surface area contributed by atoms with Crippen molar-refractivity contribution >= 4 is 21.8 Å². The average Bonchev–Trinajstić information content (AvgIpc) is 2.74. The fourth-order valence-corrected chi connectivity index (χ4v) is 3.45. The minimum atomic E-state index is -0.198. The van der Waals surface area contributed by atoms with Crippen LogP contribution in [0.2, 0.25) is 0 Å². The molecule has 4 nitrogen and oxygen atoms in total. The lowest BCUT2D eigenvalue weighted by molar-refractivity contribution is -0.588. The summed E-state index contributed by atoms with van der Waals surface area (Å²) in [6, 6.07) is 31.3. The molecule has 5 rings (SSSR count). The van der Waals surface area contributed by atoms with Crippen molar-refractivity contribution in [1.82, 2.24) is 9.78 Å². The molecule has 0 saturated carbocycles. The van der Waals surface area contributed by atoms with Crippen molar-refractivity contribution in [2.24, 2.45) is 0 Å². The Morgan fingerprint density at radius 2 is 1.37 bits per heavy atom. The number of para-hydroxylation sites is 2. The van der Waals surface area contributed by atoms with Crippen LogP contribution in [0.25, 0.3) is 33.2 Å². The molecule has 0 aliphatic rings. The summed E-state index contributed by atoms with van der Waals surface area (Å²) < 4.78 is 3.21. The zero-order valence-corrected chi connectivity index (χ0v) is 14.5. The fourth-order valence-electron chi connectivity index (χ4n) is 3.45. The first kappa shape index (κ1) is 15.5. The predicted octanol–water partition coefficient (Wildman–Crippen LogP) is 3.82. The monoisotopic (exact) mass is 350 g/mol. The van der Waals surface area contributed by atoms with E-state index in [2.05, 4.69) is 5.10 Å². The second kappa shape index (κ2) is 6.18. The van der Waals surface area contributed by atoms with Crippen LogP contribution < -0.4 is 10.3 Å². The summed E-state index contributed by atoms with van der Waals surface area (Å²) >= 11 is 0. The number of hydrogen-bond acceptors (Lipinski definition) is 2. The molecule has 1 aromatic heterocycles. The van der Waals surface area contributed by atoms with Gasteiger partial charge >= 0.3 is 5.69 Å². The summed E-state index contributed by atoms with van der Waals surface area (Å²) in [4.78, 5) is 13.5. The molecule has 0 aliphatic carbocycles. The van der Waals surface area contributed by atoms with Crippen molar-refractivity contribution in [2.45, 2.75) is 0 Å². The van der Waals surface area contributed by atoms with Crippen LogP contribution in [0.1, 0.15) is 0 Å². The number of fused-ring (bicyclic) bond motifs is 3. The maximum absolute atomic E-state index is 13.5. The normalized spacial score (nSPS) is 11.1. The summed E-state index contributed by atoms with van der Waals surface area (Å²) in [6.07, 6.45) is 0. The van der Waals surface area contributed by atoms with E-state index in [9.17, 15) is 4.79 Å². The Morgan fingerprint density at radius 3 is 2.15 bits per heavy atom. The van der Waals surface area contributed by atoms with Gasteiger partial charge in [-0.25, -0.2) is 0 Å². The molecule has 0 N–H and O–H groups in total. The molecule has 0 aliphatic heterocycles. The number of aromatic nitrogens is 3. The molecule has 0 unspecified atom stereocenters. The van der Waals surface area contributed by atoms with Crippen molar-refractivity contribution in [3.8, 4) is 11.4 Å².